The molecule has 3 nitrogen and oxygen atoms in total. The van der Waals surface area contributed by atoms with Crippen molar-refractivity contribution in [2.24, 2.45) is 5.92 Å². The van der Waals surface area contributed by atoms with Gasteiger partial charge in [0, 0.05) is 23.4 Å². The first kappa shape index (κ1) is 20.4. The van der Waals surface area contributed by atoms with Crippen LogP contribution in [0.25, 0.3) is 11.0 Å². The van der Waals surface area contributed by atoms with E-state index in [0.717, 1.165) is 29.8 Å². The van der Waals surface area contributed by atoms with Crippen LogP contribution in [0.15, 0.2) is 46.4 Å². The van der Waals surface area contributed by atoms with E-state index in [-0.39, 0.29) is 11.4 Å². The minimum Gasteiger partial charge on any atom is -0.463 e. The molecular formula is C25H32O3. The fraction of sp³-hybridized carbons (Fsp3) is 0.480. The number of hydrogen-bond donors (Lipinski definition) is 0. The first-order valence-electron chi connectivity index (χ1n) is 10.4. The molecule has 0 N–H and O–H groups in total. The van der Waals surface area contributed by atoms with Crippen molar-refractivity contribution in [3.8, 4) is 0 Å². The highest BCUT2D eigenvalue weighted by molar-refractivity contribution is 5.84. The van der Waals surface area contributed by atoms with E-state index < -0.39 is 0 Å². The smallest absolute Gasteiger partial charge is 0.330 e. The summed E-state index contributed by atoms with van der Waals surface area (Å²) >= 11 is 0. The molecule has 0 saturated heterocycles. The molecule has 28 heavy (non-hydrogen) atoms. The standard InChI is InChI=1S/C25H32O3/c1-7-21-24(16(3)4)20-14-18(11-12-22(20)28-21)25(6)15-19(25)10-9-17(5)13-23(26)27-8-2/h9-14,16,19H,7-8,15H2,1-6H3/b10-9+,17-13+. The summed E-state index contributed by atoms with van der Waals surface area (Å²) in [6.45, 7) is 13.1. The zero-order valence-corrected chi connectivity index (χ0v) is 18.0. The zero-order valence-electron chi connectivity index (χ0n) is 18.0. The Morgan fingerprint density at radius 3 is 2.75 bits per heavy atom. The van der Waals surface area contributed by atoms with Crippen molar-refractivity contribution in [1.82, 2.24) is 0 Å². The molecule has 3 rings (SSSR count). The van der Waals surface area contributed by atoms with Gasteiger partial charge in [0.05, 0.1) is 6.61 Å². The van der Waals surface area contributed by atoms with Crippen molar-refractivity contribution >= 4 is 16.9 Å². The Morgan fingerprint density at radius 2 is 2.11 bits per heavy atom. The van der Waals surface area contributed by atoms with Gasteiger partial charge in [0.2, 0.25) is 0 Å². The summed E-state index contributed by atoms with van der Waals surface area (Å²) in [4.78, 5) is 11.6. The number of ether oxygens (including phenoxy) is 1. The van der Waals surface area contributed by atoms with Crippen LogP contribution in [-0.4, -0.2) is 12.6 Å². The lowest BCUT2D eigenvalue weighted by Gasteiger charge is -2.12. The van der Waals surface area contributed by atoms with E-state index in [1.165, 1.54) is 16.5 Å². The van der Waals surface area contributed by atoms with Gasteiger partial charge in [-0.05, 0) is 60.8 Å². The second kappa shape index (κ2) is 7.98. The fourth-order valence-electron chi connectivity index (χ4n) is 4.11. The molecule has 0 amide bonds. The molecule has 3 heteroatoms. The van der Waals surface area contributed by atoms with Gasteiger partial charge in [-0.25, -0.2) is 4.79 Å². The van der Waals surface area contributed by atoms with E-state index in [0.29, 0.717) is 18.4 Å². The lowest BCUT2D eigenvalue weighted by atomic mass is 9.91. The number of carbonyl (C=O) groups is 1. The molecule has 150 valence electrons. The van der Waals surface area contributed by atoms with Crippen LogP contribution >= 0.6 is 0 Å². The number of furan rings is 1. The molecule has 1 aliphatic carbocycles. The Kier molecular flexibility index (Phi) is 5.83. The minimum atomic E-state index is -0.276. The van der Waals surface area contributed by atoms with Crippen LogP contribution in [0.2, 0.25) is 0 Å². The molecule has 1 saturated carbocycles. The van der Waals surface area contributed by atoms with Crippen molar-refractivity contribution in [3.63, 3.8) is 0 Å². The number of benzene rings is 1. The second-order valence-corrected chi connectivity index (χ2v) is 8.39. The van der Waals surface area contributed by atoms with Crippen LogP contribution in [0.4, 0.5) is 0 Å². The summed E-state index contributed by atoms with van der Waals surface area (Å²) in [7, 11) is 0. The molecule has 1 aromatic heterocycles. The molecule has 2 atom stereocenters. The van der Waals surface area contributed by atoms with E-state index in [1.807, 2.05) is 19.9 Å². The maximum absolute atomic E-state index is 11.6. The van der Waals surface area contributed by atoms with Crippen molar-refractivity contribution in [3.05, 3.63) is 58.9 Å². The van der Waals surface area contributed by atoms with E-state index in [2.05, 4.69) is 52.0 Å². The van der Waals surface area contributed by atoms with Gasteiger partial charge in [0.15, 0.2) is 0 Å². The number of carbonyl (C=O) groups excluding carboxylic acids is 1. The number of hydrogen-bond acceptors (Lipinski definition) is 3. The Hall–Kier alpha value is -2.29. The summed E-state index contributed by atoms with van der Waals surface area (Å²) in [6.07, 6.45) is 7.87. The van der Waals surface area contributed by atoms with Gasteiger partial charge >= 0.3 is 5.97 Å². The molecular weight excluding hydrogens is 348 g/mol. The normalized spacial score (nSPS) is 22.4. The van der Waals surface area contributed by atoms with Crippen LogP contribution < -0.4 is 0 Å². The van der Waals surface area contributed by atoms with Crippen LogP contribution in [0.5, 0.6) is 0 Å². The molecule has 0 aliphatic heterocycles. The Bertz CT molecular complexity index is 929. The second-order valence-electron chi connectivity index (χ2n) is 8.39. The number of aryl methyl sites for hydroxylation is 1. The third-order valence-corrected chi connectivity index (χ3v) is 5.89. The zero-order chi connectivity index (χ0) is 20.5. The largest absolute Gasteiger partial charge is 0.463 e. The predicted octanol–water partition coefficient (Wildman–Crippen LogP) is 6.46. The topological polar surface area (TPSA) is 39.4 Å². The van der Waals surface area contributed by atoms with Crippen LogP contribution in [0.1, 0.15) is 70.8 Å². The van der Waals surface area contributed by atoms with E-state index >= 15 is 0 Å². The Morgan fingerprint density at radius 1 is 1.36 bits per heavy atom. The summed E-state index contributed by atoms with van der Waals surface area (Å²) in [5.41, 5.74) is 4.78. The van der Waals surface area contributed by atoms with Crippen molar-refractivity contribution in [2.45, 2.75) is 65.7 Å². The fourth-order valence-corrected chi connectivity index (χ4v) is 4.11. The molecule has 0 bridgehead atoms. The minimum absolute atomic E-state index is 0.146. The van der Waals surface area contributed by atoms with Crippen LogP contribution in [0, 0.1) is 5.92 Å². The number of esters is 1. The van der Waals surface area contributed by atoms with E-state index in [4.69, 9.17) is 9.15 Å². The first-order chi connectivity index (χ1) is 13.3. The average molecular weight is 381 g/mol. The summed E-state index contributed by atoms with van der Waals surface area (Å²) in [6, 6.07) is 6.68. The summed E-state index contributed by atoms with van der Waals surface area (Å²) in [5, 5.41) is 1.26. The van der Waals surface area contributed by atoms with Gasteiger partial charge in [-0.1, -0.05) is 45.9 Å². The highest BCUT2D eigenvalue weighted by Gasteiger charge is 2.49. The molecule has 1 aromatic carbocycles. The Balaban J connectivity index is 1.82. The van der Waals surface area contributed by atoms with Gasteiger partial charge in [0.1, 0.15) is 11.3 Å². The van der Waals surface area contributed by atoms with Crippen LogP contribution in [0.3, 0.4) is 0 Å². The van der Waals surface area contributed by atoms with Gasteiger partial charge in [-0.2, -0.15) is 0 Å². The highest BCUT2D eigenvalue weighted by atomic mass is 16.5. The molecule has 1 aliphatic rings. The lowest BCUT2D eigenvalue weighted by molar-refractivity contribution is -0.137. The predicted molar refractivity (Wildman–Crippen MR) is 115 cm³/mol. The molecule has 2 aromatic rings. The number of allylic oxidation sites excluding steroid dienone is 3. The van der Waals surface area contributed by atoms with Crippen molar-refractivity contribution in [2.75, 3.05) is 6.61 Å². The average Bonchev–Trinajstić information content (AvgIpc) is 3.16. The molecule has 1 heterocycles. The molecule has 2 unspecified atom stereocenters. The summed E-state index contributed by atoms with van der Waals surface area (Å²) < 4.78 is 11.1. The monoisotopic (exact) mass is 380 g/mol. The number of rotatable bonds is 7. The quantitative estimate of drug-likeness (QED) is 0.314. The molecule has 0 spiro atoms. The third kappa shape index (κ3) is 3.94. The van der Waals surface area contributed by atoms with E-state index in [9.17, 15) is 4.79 Å². The molecule has 0 radical (unpaired) electrons. The summed E-state index contributed by atoms with van der Waals surface area (Å²) in [5.74, 6) is 1.76. The Labute approximate surface area is 168 Å². The maximum atomic E-state index is 11.6. The lowest BCUT2D eigenvalue weighted by Crippen LogP contribution is -2.03. The van der Waals surface area contributed by atoms with Crippen molar-refractivity contribution in [1.29, 1.82) is 0 Å². The number of fused-ring (bicyclic) bond motifs is 1. The van der Waals surface area contributed by atoms with Gasteiger partial charge < -0.3 is 9.15 Å². The maximum Gasteiger partial charge on any atom is 0.330 e. The SMILES string of the molecule is CCOC(=O)/C=C(C)/C=C/C1CC1(C)c1ccc2oc(CC)c(C(C)C)c2c1. The van der Waals surface area contributed by atoms with Gasteiger partial charge in [-0.3, -0.25) is 0 Å². The van der Waals surface area contributed by atoms with Crippen LogP contribution in [-0.2, 0) is 21.4 Å². The van der Waals surface area contributed by atoms with E-state index in [1.54, 1.807) is 6.08 Å². The van der Waals surface area contributed by atoms with Gasteiger partial charge in [-0.15, -0.1) is 0 Å². The van der Waals surface area contributed by atoms with Gasteiger partial charge in [0.25, 0.3) is 0 Å². The first-order valence-corrected chi connectivity index (χ1v) is 10.4. The highest BCUT2D eigenvalue weighted by Crippen LogP contribution is 2.55. The third-order valence-electron chi connectivity index (χ3n) is 5.89. The van der Waals surface area contributed by atoms with Crippen molar-refractivity contribution < 1.29 is 13.9 Å². The molecule has 1 fully saturated rings.